The van der Waals surface area contributed by atoms with Crippen LogP contribution < -0.4 is 0 Å². The van der Waals surface area contributed by atoms with E-state index in [1.807, 2.05) is 33.8 Å². The van der Waals surface area contributed by atoms with Crippen molar-refractivity contribution in [3.8, 4) is 0 Å². The molecule has 0 aliphatic rings. The predicted octanol–water partition coefficient (Wildman–Crippen LogP) is 5.90. The minimum atomic E-state index is -1.91. The first kappa shape index (κ1) is 21.3. The number of hydrogen-bond donors (Lipinski definition) is 0. The number of hydrogen-bond acceptors (Lipinski definition) is 2. The highest BCUT2D eigenvalue weighted by atomic mass is 28.4. The zero-order valence-corrected chi connectivity index (χ0v) is 17.3. The molecule has 0 saturated carbocycles. The highest BCUT2D eigenvalue weighted by Crippen LogP contribution is 2.39. The number of ketones is 1. The summed E-state index contributed by atoms with van der Waals surface area (Å²) in [5.41, 5.74) is 2.34. The fourth-order valence-corrected chi connectivity index (χ4v) is 3.29. The molecule has 0 aromatic carbocycles. The molecule has 0 rings (SSSR count). The average molecular weight is 325 g/mol. The van der Waals surface area contributed by atoms with Gasteiger partial charge >= 0.3 is 0 Å². The molecule has 0 N–H and O–H groups in total. The van der Waals surface area contributed by atoms with E-state index in [2.05, 4.69) is 46.9 Å². The zero-order chi connectivity index (χ0) is 17.7. The van der Waals surface area contributed by atoms with Crippen LogP contribution in [0.3, 0.4) is 0 Å². The average Bonchev–Trinajstić information content (AvgIpc) is 2.39. The summed E-state index contributed by atoms with van der Waals surface area (Å²) >= 11 is 0. The fraction of sp³-hybridized carbons (Fsp3) is 0.737. The van der Waals surface area contributed by atoms with Crippen molar-refractivity contribution in [3.63, 3.8) is 0 Å². The Hall–Kier alpha value is -0.673. The first-order chi connectivity index (χ1) is 9.83. The van der Waals surface area contributed by atoms with Crippen LogP contribution >= 0.6 is 0 Å². The van der Waals surface area contributed by atoms with E-state index in [1.54, 1.807) is 0 Å². The van der Waals surface area contributed by atoms with E-state index in [4.69, 9.17) is 4.43 Å². The summed E-state index contributed by atoms with van der Waals surface area (Å²) < 4.78 is 6.57. The lowest BCUT2D eigenvalue weighted by molar-refractivity contribution is -0.123. The second kappa shape index (κ2) is 8.26. The van der Waals surface area contributed by atoms with E-state index >= 15 is 0 Å². The summed E-state index contributed by atoms with van der Waals surface area (Å²) in [4.78, 5) is 12.5. The van der Waals surface area contributed by atoms with Crippen molar-refractivity contribution in [2.45, 2.75) is 86.0 Å². The van der Waals surface area contributed by atoms with Crippen LogP contribution in [-0.4, -0.2) is 20.2 Å². The van der Waals surface area contributed by atoms with Crippen LogP contribution in [0.15, 0.2) is 23.3 Å². The summed E-state index contributed by atoms with van der Waals surface area (Å²) in [5.74, 6) is 0.145. The van der Waals surface area contributed by atoms with Gasteiger partial charge in [-0.25, -0.2) is 0 Å². The quantitative estimate of drug-likeness (QED) is 0.430. The molecule has 0 spiro atoms. The standard InChI is InChI=1S/C19H36O2Si/c1-11-15(4)18(21-22(9,10)19(6,7)8)16(5)17(20)13-12-14(2)3/h11-12,16,18H,13H2,1-10H3/b15-11+/t16-,18+/m0/s1. The molecule has 0 unspecified atom stereocenters. The summed E-state index contributed by atoms with van der Waals surface area (Å²) in [6.07, 6.45) is 4.47. The molecule has 0 aliphatic carbocycles. The van der Waals surface area contributed by atoms with Crippen LogP contribution in [0.25, 0.3) is 0 Å². The molecule has 2 atom stereocenters. The third kappa shape index (κ3) is 6.21. The van der Waals surface area contributed by atoms with Crippen LogP contribution in [0.2, 0.25) is 18.1 Å². The van der Waals surface area contributed by atoms with Crippen LogP contribution in [0.4, 0.5) is 0 Å². The highest BCUT2D eigenvalue weighted by molar-refractivity contribution is 6.74. The minimum Gasteiger partial charge on any atom is -0.410 e. The molecule has 0 aromatic heterocycles. The molecular formula is C19H36O2Si. The molecule has 3 heteroatoms. The van der Waals surface area contributed by atoms with Gasteiger partial charge in [-0.2, -0.15) is 0 Å². The monoisotopic (exact) mass is 324 g/mol. The summed E-state index contributed by atoms with van der Waals surface area (Å²) in [5, 5.41) is 0.141. The Kier molecular flexibility index (Phi) is 8.00. The zero-order valence-electron chi connectivity index (χ0n) is 16.3. The third-order valence-corrected chi connectivity index (χ3v) is 9.26. The number of carbonyl (C=O) groups is 1. The van der Waals surface area contributed by atoms with Gasteiger partial charge in [0.2, 0.25) is 0 Å². The molecule has 0 aliphatic heterocycles. The molecule has 2 nitrogen and oxygen atoms in total. The molecule has 0 heterocycles. The van der Waals surface area contributed by atoms with E-state index in [1.165, 1.54) is 5.57 Å². The largest absolute Gasteiger partial charge is 0.410 e. The molecule has 22 heavy (non-hydrogen) atoms. The first-order valence-corrected chi connectivity index (χ1v) is 11.2. The summed E-state index contributed by atoms with van der Waals surface area (Å²) in [6, 6.07) is 0. The van der Waals surface area contributed by atoms with Gasteiger partial charge in [-0.1, -0.05) is 45.4 Å². The Bertz CT molecular complexity index is 435. The number of allylic oxidation sites excluding steroid dienone is 3. The van der Waals surface area contributed by atoms with Crippen LogP contribution in [0, 0.1) is 5.92 Å². The van der Waals surface area contributed by atoms with Crippen molar-refractivity contribution in [3.05, 3.63) is 23.3 Å². The topological polar surface area (TPSA) is 26.3 Å². The summed E-state index contributed by atoms with van der Waals surface area (Å²) in [7, 11) is -1.91. The van der Waals surface area contributed by atoms with Crippen molar-refractivity contribution in [1.82, 2.24) is 0 Å². The smallest absolute Gasteiger partial charge is 0.192 e. The second-order valence-corrected chi connectivity index (χ2v) is 12.8. The Labute approximate surface area is 139 Å². The molecule has 0 fully saturated rings. The SMILES string of the molecule is C/C=C(\C)[C@@H](O[Si](C)(C)C(C)(C)C)[C@@H](C)C(=O)CC=C(C)C. The molecule has 0 saturated heterocycles. The molecule has 0 bridgehead atoms. The highest BCUT2D eigenvalue weighted by Gasteiger charge is 2.41. The van der Waals surface area contributed by atoms with Gasteiger partial charge in [-0.05, 0) is 51.4 Å². The Morgan fingerprint density at radius 2 is 1.68 bits per heavy atom. The molecule has 0 radical (unpaired) electrons. The van der Waals surface area contributed by atoms with E-state index in [0.717, 1.165) is 5.57 Å². The lowest BCUT2D eigenvalue weighted by Crippen LogP contribution is -2.46. The van der Waals surface area contributed by atoms with Crippen LogP contribution in [-0.2, 0) is 9.22 Å². The Morgan fingerprint density at radius 3 is 2.05 bits per heavy atom. The summed E-state index contributed by atoms with van der Waals surface area (Å²) in [6.45, 7) is 21.3. The maximum Gasteiger partial charge on any atom is 0.192 e. The number of carbonyl (C=O) groups excluding carboxylic acids is 1. The van der Waals surface area contributed by atoms with Gasteiger partial charge in [0, 0.05) is 12.3 Å². The second-order valence-electron chi connectivity index (χ2n) is 8.07. The van der Waals surface area contributed by atoms with E-state index in [-0.39, 0.29) is 22.8 Å². The Morgan fingerprint density at radius 1 is 1.18 bits per heavy atom. The number of rotatable bonds is 7. The number of Topliss-reactive ketones (excluding diaryl/α,β-unsaturated/α-hetero) is 1. The van der Waals surface area contributed by atoms with Crippen molar-refractivity contribution >= 4 is 14.1 Å². The lowest BCUT2D eigenvalue weighted by Gasteiger charge is -2.41. The predicted molar refractivity (Wildman–Crippen MR) is 99.7 cm³/mol. The molecule has 0 amide bonds. The maximum absolute atomic E-state index is 12.5. The van der Waals surface area contributed by atoms with Crippen molar-refractivity contribution in [2.75, 3.05) is 0 Å². The fourth-order valence-electron chi connectivity index (χ4n) is 1.91. The first-order valence-electron chi connectivity index (χ1n) is 8.30. The normalized spacial score (nSPS) is 16.2. The molecule has 128 valence electrons. The maximum atomic E-state index is 12.5. The lowest BCUT2D eigenvalue weighted by atomic mass is 9.92. The van der Waals surface area contributed by atoms with Gasteiger partial charge in [-0.3, -0.25) is 4.79 Å². The van der Waals surface area contributed by atoms with E-state index in [9.17, 15) is 4.79 Å². The van der Waals surface area contributed by atoms with E-state index in [0.29, 0.717) is 6.42 Å². The molecule has 0 aromatic rings. The van der Waals surface area contributed by atoms with Gasteiger partial charge in [0.15, 0.2) is 8.32 Å². The van der Waals surface area contributed by atoms with E-state index < -0.39 is 8.32 Å². The molecular weight excluding hydrogens is 288 g/mol. The van der Waals surface area contributed by atoms with Gasteiger partial charge in [0.05, 0.1) is 6.10 Å². The van der Waals surface area contributed by atoms with Crippen molar-refractivity contribution in [1.29, 1.82) is 0 Å². The van der Waals surface area contributed by atoms with Crippen LogP contribution in [0.5, 0.6) is 0 Å². The van der Waals surface area contributed by atoms with Gasteiger partial charge in [0.1, 0.15) is 5.78 Å². The van der Waals surface area contributed by atoms with Crippen LogP contribution in [0.1, 0.15) is 61.8 Å². The van der Waals surface area contributed by atoms with Gasteiger partial charge in [0.25, 0.3) is 0 Å². The third-order valence-electron chi connectivity index (χ3n) is 4.81. The minimum absolute atomic E-state index is 0.107. The van der Waals surface area contributed by atoms with Crippen molar-refractivity contribution < 1.29 is 9.22 Å². The van der Waals surface area contributed by atoms with Crippen molar-refractivity contribution in [2.24, 2.45) is 5.92 Å². The van der Waals surface area contributed by atoms with Gasteiger partial charge in [-0.15, -0.1) is 0 Å². The Balaban J connectivity index is 5.32. The van der Waals surface area contributed by atoms with Gasteiger partial charge < -0.3 is 4.43 Å².